The zero-order valence-electron chi connectivity index (χ0n) is 11.9. The molecule has 0 amide bonds. The minimum Gasteiger partial charge on any atom is -0.508 e. The van der Waals surface area contributed by atoms with Crippen LogP contribution in [0.3, 0.4) is 0 Å². The van der Waals surface area contributed by atoms with E-state index in [1.807, 2.05) is 19.1 Å². The zero-order chi connectivity index (χ0) is 14.4. The normalized spacial score (nSPS) is 16.5. The maximum absolute atomic E-state index is 9.61. The van der Waals surface area contributed by atoms with Crippen LogP contribution in [0.25, 0.3) is 0 Å². The summed E-state index contributed by atoms with van der Waals surface area (Å²) in [7, 11) is 0. The van der Waals surface area contributed by atoms with E-state index in [2.05, 4.69) is 22.9 Å². The van der Waals surface area contributed by atoms with Crippen molar-refractivity contribution < 1.29 is 5.11 Å². The molecule has 104 valence electrons. The zero-order valence-corrected chi connectivity index (χ0v) is 11.9. The van der Waals surface area contributed by atoms with Crippen molar-refractivity contribution in [2.75, 3.05) is 6.54 Å². The average molecular weight is 268 g/mol. The highest BCUT2D eigenvalue weighted by molar-refractivity contribution is 5.37. The lowest BCUT2D eigenvalue weighted by molar-refractivity contribution is 0.266. The molecule has 1 aromatic carbocycles. The lowest BCUT2D eigenvalue weighted by Gasteiger charge is -2.32. The third-order valence-corrected chi connectivity index (χ3v) is 3.78. The number of hydrogen-bond donors (Lipinski definition) is 1. The number of hydrogen-bond acceptors (Lipinski definition) is 3. The van der Waals surface area contributed by atoms with E-state index in [1.54, 1.807) is 6.07 Å². The first-order valence-electron chi connectivity index (χ1n) is 7.11. The van der Waals surface area contributed by atoms with E-state index >= 15 is 0 Å². The molecule has 3 heteroatoms. The Hall–Kier alpha value is -2.13. The number of phenols is 1. The number of nitrogens with zero attached hydrogens (tertiary/aromatic N) is 2. The molecule has 0 radical (unpaired) electrons. The first-order chi connectivity index (χ1) is 9.74. The van der Waals surface area contributed by atoms with E-state index in [9.17, 15) is 5.11 Å². The monoisotopic (exact) mass is 268 g/mol. The minimum atomic E-state index is 0.335. The van der Waals surface area contributed by atoms with Gasteiger partial charge in [-0.3, -0.25) is 0 Å². The first-order valence-corrected chi connectivity index (χ1v) is 7.11. The number of benzene rings is 1. The van der Waals surface area contributed by atoms with Gasteiger partial charge in [0.25, 0.3) is 0 Å². The van der Waals surface area contributed by atoms with Gasteiger partial charge in [0.1, 0.15) is 5.75 Å². The summed E-state index contributed by atoms with van der Waals surface area (Å²) in [6.07, 6.45) is 4.46. The summed E-state index contributed by atoms with van der Waals surface area (Å²) in [5.74, 6) is 3.31. The molecule has 0 aromatic heterocycles. The number of nitriles is 1. The predicted molar refractivity (Wildman–Crippen MR) is 78.9 cm³/mol. The highest BCUT2D eigenvalue weighted by Crippen LogP contribution is 2.27. The van der Waals surface area contributed by atoms with Gasteiger partial charge in [-0.1, -0.05) is 12.0 Å². The van der Waals surface area contributed by atoms with Crippen molar-refractivity contribution in [3.63, 3.8) is 0 Å². The van der Waals surface area contributed by atoms with E-state index in [-0.39, 0.29) is 0 Å². The second-order valence-electron chi connectivity index (χ2n) is 5.17. The van der Waals surface area contributed by atoms with Crippen LogP contribution in [0.1, 0.15) is 37.3 Å². The first kappa shape index (κ1) is 14.3. The highest BCUT2D eigenvalue weighted by Gasteiger charge is 2.22. The molecule has 0 heterocycles. The van der Waals surface area contributed by atoms with Gasteiger partial charge in [0.2, 0.25) is 0 Å². The standard InChI is InChI=1S/C17H20N2O/c1-2-10-19(11-4-3-9-18)16-7-5-14-6-8-17(20)13-15(14)12-16/h6,8,13,16,20H,3-5,7,11-12H2,1H3/t16-/m1/s1. The van der Waals surface area contributed by atoms with Crippen molar-refractivity contribution in [3.8, 4) is 23.8 Å². The molecule has 0 bridgehead atoms. The van der Waals surface area contributed by atoms with E-state index < -0.39 is 0 Å². The van der Waals surface area contributed by atoms with Crippen LogP contribution in [0.2, 0.25) is 0 Å². The highest BCUT2D eigenvalue weighted by atomic mass is 16.3. The van der Waals surface area contributed by atoms with E-state index in [1.165, 1.54) is 11.1 Å². The Morgan fingerprint density at radius 1 is 1.40 bits per heavy atom. The summed E-state index contributed by atoms with van der Waals surface area (Å²) in [4.78, 5) is 2.17. The fourth-order valence-electron chi connectivity index (χ4n) is 2.79. The number of rotatable bonds is 4. The van der Waals surface area contributed by atoms with Crippen LogP contribution in [0.5, 0.6) is 5.75 Å². The molecule has 0 spiro atoms. The summed E-state index contributed by atoms with van der Waals surface area (Å²) in [6, 6.07) is 11.4. The quantitative estimate of drug-likeness (QED) is 0.519. The van der Waals surface area contributed by atoms with Gasteiger partial charge in [0.05, 0.1) is 6.07 Å². The van der Waals surface area contributed by atoms with E-state index in [0.717, 1.165) is 32.2 Å². The largest absolute Gasteiger partial charge is 0.508 e. The molecule has 20 heavy (non-hydrogen) atoms. The van der Waals surface area contributed by atoms with Crippen molar-refractivity contribution in [1.29, 1.82) is 5.26 Å². The Balaban J connectivity index is 2.08. The third kappa shape index (κ3) is 3.45. The van der Waals surface area contributed by atoms with Crippen LogP contribution in [-0.2, 0) is 12.8 Å². The summed E-state index contributed by atoms with van der Waals surface area (Å²) >= 11 is 0. The summed E-state index contributed by atoms with van der Waals surface area (Å²) in [5.41, 5.74) is 2.56. The van der Waals surface area contributed by atoms with E-state index in [4.69, 9.17) is 5.26 Å². The maximum Gasteiger partial charge on any atom is 0.115 e. The van der Waals surface area contributed by atoms with Crippen molar-refractivity contribution in [2.24, 2.45) is 0 Å². The molecule has 0 saturated carbocycles. The van der Waals surface area contributed by atoms with Crippen molar-refractivity contribution in [2.45, 2.75) is 45.1 Å². The maximum atomic E-state index is 9.61. The molecular weight excluding hydrogens is 248 g/mol. The van der Waals surface area contributed by atoms with Gasteiger partial charge in [-0.05, 0) is 55.9 Å². The molecule has 1 atom stereocenters. The van der Waals surface area contributed by atoms with Gasteiger partial charge in [-0.2, -0.15) is 5.26 Å². The number of aryl methyl sites for hydroxylation is 1. The van der Waals surface area contributed by atoms with Crippen molar-refractivity contribution in [3.05, 3.63) is 29.3 Å². The molecule has 1 aromatic rings. The minimum absolute atomic E-state index is 0.335. The molecule has 0 fully saturated rings. The van der Waals surface area contributed by atoms with Gasteiger partial charge < -0.3 is 10.0 Å². The Kier molecular flexibility index (Phi) is 4.91. The molecule has 1 aliphatic rings. The van der Waals surface area contributed by atoms with Crippen LogP contribution in [0.4, 0.5) is 0 Å². The fraction of sp³-hybridized carbons (Fsp3) is 0.471. The summed E-state index contributed by atoms with van der Waals surface area (Å²) in [5, 5.41) is 18.3. The Bertz CT molecular complexity index is 563. The van der Waals surface area contributed by atoms with Crippen LogP contribution < -0.4 is 0 Å². The van der Waals surface area contributed by atoms with Crippen LogP contribution >= 0.6 is 0 Å². The number of aromatic hydroxyl groups is 1. The van der Waals surface area contributed by atoms with Crippen LogP contribution in [-0.4, -0.2) is 22.6 Å². The third-order valence-electron chi connectivity index (χ3n) is 3.78. The van der Waals surface area contributed by atoms with Gasteiger partial charge in [-0.15, -0.1) is 0 Å². The summed E-state index contributed by atoms with van der Waals surface area (Å²) < 4.78 is 0. The second kappa shape index (κ2) is 6.87. The molecule has 1 N–H and O–H groups in total. The molecule has 0 saturated heterocycles. The molecule has 0 unspecified atom stereocenters. The van der Waals surface area contributed by atoms with Gasteiger partial charge in [0, 0.05) is 25.1 Å². The fourth-order valence-corrected chi connectivity index (χ4v) is 2.79. The van der Waals surface area contributed by atoms with Crippen molar-refractivity contribution in [1.82, 2.24) is 4.90 Å². The van der Waals surface area contributed by atoms with Gasteiger partial charge in [-0.25, -0.2) is 0 Å². The number of unbranched alkanes of at least 4 members (excludes halogenated alkanes) is 1. The average Bonchev–Trinajstić information content (AvgIpc) is 2.46. The van der Waals surface area contributed by atoms with Gasteiger partial charge in [0.15, 0.2) is 0 Å². The number of phenolic OH excluding ortho intramolecular Hbond substituents is 1. The second-order valence-corrected chi connectivity index (χ2v) is 5.17. The smallest absolute Gasteiger partial charge is 0.115 e. The van der Waals surface area contributed by atoms with Crippen LogP contribution in [0, 0.1) is 23.3 Å². The number of fused-ring (bicyclic) bond motifs is 1. The van der Waals surface area contributed by atoms with Gasteiger partial charge >= 0.3 is 0 Å². The Morgan fingerprint density at radius 2 is 2.25 bits per heavy atom. The predicted octanol–water partition coefficient (Wildman–Crippen LogP) is 2.84. The SMILES string of the molecule is CC#CN(CCCC#N)[C@@H]1CCc2ccc(O)cc2C1. The molecule has 1 aliphatic carbocycles. The molecule has 0 aliphatic heterocycles. The lowest BCUT2D eigenvalue weighted by atomic mass is 9.87. The lowest BCUT2D eigenvalue weighted by Crippen LogP contribution is -2.36. The molecular formula is C17H20N2O. The van der Waals surface area contributed by atoms with Crippen LogP contribution in [0.15, 0.2) is 18.2 Å². The topological polar surface area (TPSA) is 47.3 Å². The molecule has 3 nitrogen and oxygen atoms in total. The Morgan fingerprint density at radius 3 is 3.00 bits per heavy atom. The van der Waals surface area contributed by atoms with E-state index in [0.29, 0.717) is 18.2 Å². The Labute approximate surface area is 120 Å². The molecule has 2 rings (SSSR count). The summed E-state index contributed by atoms with van der Waals surface area (Å²) in [6.45, 7) is 2.69. The van der Waals surface area contributed by atoms with Crippen molar-refractivity contribution >= 4 is 0 Å².